The van der Waals surface area contributed by atoms with Gasteiger partial charge in [-0.05, 0) is 48.8 Å². The summed E-state index contributed by atoms with van der Waals surface area (Å²) >= 11 is 0. The van der Waals surface area contributed by atoms with E-state index in [0.717, 1.165) is 5.92 Å². The van der Waals surface area contributed by atoms with Crippen LogP contribution in [0.5, 0.6) is 0 Å². The first-order valence-electron chi connectivity index (χ1n) is 7.34. The lowest BCUT2D eigenvalue weighted by Gasteiger charge is -2.13. The Morgan fingerprint density at radius 2 is 1.58 bits per heavy atom. The summed E-state index contributed by atoms with van der Waals surface area (Å²) in [6, 6.07) is 19.6. The molecule has 0 aliphatic rings. The van der Waals surface area contributed by atoms with Crippen molar-refractivity contribution in [3.05, 3.63) is 71.3 Å². The second kappa shape index (κ2) is 7.13. The largest absolute Gasteiger partial charge is 0.0622 e. The fourth-order valence-corrected chi connectivity index (χ4v) is 2.62. The van der Waals surface area contributed by atoms with Gasteiger partial charge in [-0.3, -0.25) is 0 Å². The van der Waals surface area contributed by atoms with Crippen LogP contribution >= 0.6 is 0 Å². The number of hydrogen-bond acceptors (Lipinski definition) is 0. The van der Waals surface area contributed by atoms with Crippen molar-refractivity contribution >= 4 is 0 Å². The maximum absolute atomic E-state index is 2.37. The van der Waals surface area contributed by atoms with E-state index in [2.05, 4.69) is 68.4 Å². The van der Waals surface area contributed by atoms with Crippen molar-refractivity contribution in [3.63, 3.8) is 0 Å². The van der Waals surface area contributed by atoms with Gasteiger partial charge in [0.2, 0.25) is 0 Å². The molecule has 0 nitrogen and oxygen atoms in total. The average molecular weight is 252 g/mol. The standard InChI is InChI=1S/C19H24/c1-16(15-19-14-7-6-10-17(19)2)9-8-13-18-11-4-3-5-12-18/h3-7,10-12,14,16H,8-9,13,15H2,1-2H3/t16-/m0/s1. The first-order valence-corrected chi connectivity index (χ1v) is 7.34. The van der Waals surface area contributed by atoms with Gasteiger partial charge < -0.3 is 0 Å². The fraction of sp³-hybridized carbons (Fsp3) is 0.368. The van der Waals surface area contributed by atoms with Crippen LogP contribution < -0.4 is 0 Å². The normalized spacial score (nSPS) is 12.3. The first kappa shape index (κ1) is 13.9. The highest BCUT2D eigenvalue weighted by Crippen LogP contribution is 2.17. The Bertz CT molecular complexity index is 484. The van der Waals surface area contributed by atoms with Crippen LogP contribution in [0.1, 0.15) is 36.5 Å². The summed E-state index contributed by atoms with van der Waals surface area (Å²) in [5.74, 6) is 0.768. The molecule has 0 heteroatoms. The van der Waals surface area contributed by atoms with Gasteiger partial charge in [0.1, 0.15) is 0 Å². The minimum absolute atomic E-state index is 0.768. The first-order chi connectivity index (χ1) is 9.25. The van der Waals surface area contributed by atoms with Crippen LogP contribution in [0, 0.1) is 12.8 Å². The fourth-order valence-electron chi connectivity index (χ4n) is 2.62. The van der Waals surface area contributed by atoms with E-state index >= 15 is 0 Å². The second-order valence-electron chi connectivity index (χ2n) is 5.61. The topological polar surface area (TPSA) is 0 Å². The second-order valence-corrected chi connectivity index (χ2v) is 5.61. The molecule has 0 aromatic heterocycles. The predicted molar refractivity (Wildman–Crippen MR) is 83.4 cm³/mol. The Hall–Kier alpha value is -1.56. The van der Waals surface area contributed by atoms with Crippen LogP contribution in [0.2, 0.25) is 0 Å². The zero-order chi connectivity index (χ0) is 13.5. The van der Waals surface area contributed by atoms with E-state index < -0.39 is 0 Å². The number of benzene rings is 2. The summed E-state index contributed by atoms with van der Waals surface area (Å²) in [5, 5.41) is 0. The Labute approximate surface area is 117 Å². The van der Waals surface area contributed by atoms with Gasteiger partial charge in [0.15, 0.2) is 0 Å². The van der Waals surface area contributed by atoms with Gasteiger partial charge in [-0.2, -0.15) is 0 Å². The van der Waals surface area contributed by atoms with Gasteiger partial charge in [-0.25, -0.2) is 0 Å². The predicted octanol–water partition coefficient (Wildman–Crippen LogP) is 5.20. The van der Waals surface area contributed by atoms with E-state index in [4.69, 9.17) is 0 Å². The molecule has 0 saturated heterocycles. The molecule has 0 spiro atoms. The highest BCUT2D eigenvalue weighted by molar-refractivity contribution is 5.25. The highest BCUT2D eigenvalue weighted by Gasteiger charge is 2.05. The molecule has 100 valence electrons. The molecule has 0 saturated carbocycles. The van der Waals surface area contributed by atoms with Gasteiger partial charge in [0.05, 0.1) is 0 Å². The number of rotatable bonds is 6. The third kappa shape index (κ3) is 4.55. The van der Waals surface area contributed by atoms with E-state index in [1.165, 1.54) is 42.4 Å². The van der Waals surface area contributed by atoms with Gasteiger partial charge in [0, 0.05) is 0 Å². The Kier molecular flexibility index (Phi) is 5.20. The monoisotopic (exact) mass is 252 g/mol. The Morgan fingerprint density at radius 3 is 2.32 bits per heavy atom. The van der Waals surface area contributed by atoms with Crippen LogP contribution in [0.3, 0.4) is 0 Å². The average Bonchev–Trinajstić information content (AvgIpc) is 2.43. The van der Waals surface area contributed by atoms with Crippen LogP contribution in [-0.4, -0.2) is 0 Å². The molecule has 0 fully saturated rings. The zero-order valence-corrected chi connectivity index (χ0v) is 12.1. The summed E-state index contributed by atoms with van der Waals surface area (Å²) in [6.45, 7) is 4.59. The lowest BCUT2D eigenvalue weighted by molar-refractivity contribution is 0.507. The van der Waals surface area contributed by atoms with E-state index in [0.29, 0.717) is 0 Å². The molecular weight excluding hydrogens is 228 g/mol. The molecule has 0 unspecified atom stereocenters. The number of hydrogen-bond donors (Lipinski definition) is 0. The maximum atomic E-state index is 2.37. The molecule has 0 bridgehead atoms. The van der Waals surface area contributed by atoms with E-state index in [-0.39, 0.29) is 0 Å². The minimum atomic E-state index is 0.768. The van der Waals surface area contributed by atoms with Crippen molar-refractivity contribution in [3.8, 4) is 0 Å². The SMILES string of the molecule is Cc1ccccc1C[C@@H](C)CCCc1ccccc1. The quantitative estimate of drug-likeness (QED) is 0.663. The summed E-state index contributed by atoms with van der Waals surface area (Å²) in [4.78, 5) is 0. The Morgan fingerprint density at radius 1 is 0.895 bits per heavy atom. The van der Waals surface area contributed by atoms with Gasteiger partial charge >= 0.3 is 0 Å². The lowest BCUT2D eigenvalue weighted by Crippen LogP contribution is -2.02. The van der Waals surface area contributed by atoms with Crippen LogP contribution in [0.15, 0.2) is 54.6 Å². The maximum Gasteiger partial charge on any atom is -0.0250 e. The van der Waals surface area contributed by atoms with E-state index in [1.54, 1.807) is 0 Å². The molecule has 2 aromatic rings. The van der Waals surface area contributed by atoms with Crippen molar-refractivity contribution in [1.29, 1.82) is 0 Å². The highest BCUT2D eigenvalue weighted by atomic mass is 14.1. The summed E-state index contributed by atoms with van der Waals surface area (Å²) < 4.78 is 0. The van der Waals surface area contributed by atoms with Crippen LogP contribution in [-0.2, 0) is 12.8 Å². The molecule has 0 aliphatic heterocycles. The molecule has 2 rings (SSSR count). The van der Waals surface area contributed by atoms with Crippen molar-refractivity contribution in [2.75, 3.05) is 0 Å². The van der Waals surface area contributed by atoms with Gasteiger partial charge in [0.25, 0.3) is 0 Å². The summed E-state index contributed by atoms with van der Waals surface area (Å²) in [6.07, 6.45) is 5.01. The van der Waals surface area contributed by atoms with Crippen molar-refractivity contribution in [2.45, 2.75) is 39.5 Å². The number of aryl methyl sites for hydroxylation is 2. The Balaban J connectivity index is 1.76. The molecule has 0 radical (unpaired) electrons. The van der Waals surface area contributed by atoms with Crippen molar-refractivity contribution in [1.82, 2.24) is 0 Å². The van der Waals surface area contributed by atoms with Crippen LogP contribution in [0.25, 0.3) is 0 Å². The molecule has 0 amide bonds. The zero-order valence-electron chi connectivity index (χ0n) is 12.1. The molecule has 0 aliphatic carbocycles. The molecular formula is C19H24. The smallest absolute Gasteiger partial charge is 0.0250 e. The molecule has 0 heterocycles. The van der Waals surface area contributed by atoms with Crippen molar-refractivity contribution in [2.24, 2.45) is 5.92 Å². The van der Waals surface area contributed by atoms with Gasteiger partial charge in [-0.15, -0.1) is 0 Å². The third-order valence-corrected chi connectivity index (χ3v) is 3.83. The van der Waals surface area contributed by atoms with Crippen LogP contribution in [0.4, 0.5) is 0 Å². The van der Waals surface area contributed by atoms with Gasteiger partial charge in [-0.1, -0.05) is 67.9 Å². The summed E-state index contributed by atoms with van der Waals surface area (Å²) in [7, 11) is 0. The molecule has 19 heavy (non-hydrogen) atoms. The van der Waals surface area contributed by atoms with E-state index in [9.17, 15) is 0 Å². The summed E-state index contributed by atoms with van der Waals surface area (Å²) in [5.41, 5.74) is 4.40. The third-order valence-electron chi connectivity index (χ3n) is 3.83. The van der Waals surface area contributed by atoms with Crippen molar-refractivity contribution < 1.29 is 0 Å². The molecule has 0 N–H and O–H groups in total. The molecule has 2 aromatic carbocycles. The minimum Gasteiger partial charge on any atom is -0.0622 e. The van der Waals surface area contributed by atoms with E-state index in [1.807, 2.05) is 0 Å². The lowest BCUT2D eigenvalue weighted by atomic mass is 9.93. The molecule has 1 atom stereocenters.